The molecule has 1 aromatic rings. The fourth-order valence-corrected chi connectivity index (χ4v) is 1.05. The Morgan fingerprint density at radius 2 is 2.08 bits per heavy atom. The molecule has 0 spiro atoms. The summed E-state index contributed by atoms with van der Waals surface area (Å²) in [5.41, 5.74) is -1.26. The first-order chi connectivity index (χ1) is 6.25. The Morgan fingerprint density at radius 3 is 2.58 bits per heavy atom. The van der Waals surface area contributed by atoms with Crippen molar-refractivity contribution in [1.29, 1.82) is 0 Å². The second kappa shape index (κ2) is 3.05. The van der Waals surface area contributed by atoms with Crippen molar-refractivity contribution in [2.45, 2.75) is 13.1 Å². The molecule has 1 rings (SSSR count). The molecule has 0 aliphatic carbocycles. The third-order valence-electron chi connectivity index (χ3n) is 1.11. The number of aromatic nitrogens is 1. The highest BCUT2D eigenvalue weighted by Crippen LogP contribution is 2.32. The molecule has 0 saturated heterocycles. The smallest absolute Gasteiger partial charge is 0.248 e. The van der Waals surface area contributed by atoms with Crippen molar-refractivity contribution < 1.29 is 15.9 Å². The molecule has 0 aliphatic rings. The Balaban J connectivity index is 3.49. The predicted octanol–water partition coefficient (Wildman–Crippen LogP) is 3.17. The van der Waals surface area contributed by atoms with Gasteiger partial charge in [-0.05, 0) is 34.9 Å². The number of hydrogen-bond donors (Lipinski definition) is 0. The zero-order chi connectivity index (χ0) is 11.1. The van der Waals surface area contributed by atoms with Gasteiger partial charge >= 0.3 is 6.18 Å². The van der Waals surface area contributed by atoms with Crippen LogP contribution in [-0.2, 0) is 6.18 Å². The van der Waals surface area contributed by atoms with Crippen LogP contribution in [0.25, 0.3) is 0 Å². The van der Waals surface area contributed by atoms with E-state index in [-0.39, 0.29) is 11.7 Å². The fourth-order valence-electron chi connectivity index (χ4n) is 0.637. The summed E-state index contributed by atoms with van der Waals surface area (Å²) in [6.45, 7) is 1.27. The van der Waals surface area contributed by atoms with E-state index in [9.17, 15) is 13.2 Å². The van der Waals surface area contributed by atoms with Gasteiger partial charge in [-0.1, -0.05) is 0 Å². The maximum Gasteiger partial charge on any atom is 0.434 e. The van der Waals surface area contributed by atoms with Crippen molar-refractivity contribution >= 4 is 15.9 Å². The maximum atomic E-state index is 12.3. The SMILES string of the molecule is [2H]c1c(C)nc(C(F)(F)F)c(Br)c1[2H]. The molecule has 0 atom stereocenters. The van der Waals surface area contributed by atoms with Gasteiger partial charge in [0, 0.05) is 10.2 Å². The summed E-state index contributed by atoms with van der Waals surface area (Å²) in [6.07, 6.45) is -4.60. The minimum Gasteiger partial charge on any atom is -0.248 e. The van der Waals surface area contributed by atoms with E-state index in [2.05, 4.69) is 20.9 Å². The summed E-state index contributed by atoms with van der Waals surface area (Å²) in [7, 11) is 0. The van der Waals surface area contributed by atoms with E-state index in [4.69, 9.17) is 2.74 Å². The Bertz CT molecular complexity index is 378. The van der Waals surface area contributed by atoms with Crippen LogP contribution in [0.15, 0.2) is 16.6 Å². The van der Waals surface area contributed by atoms with Crippen LogP contribution in [0.4, 0.5) is 13.2 Å². The van der Waals surface area contributed by atoms with Gasteiger partial charge in [-0.25, -0.2) is 4.98 Å². The molecule has 66 valence electrons. The average Bonchev–Trinajstić information content (AvgIpc) is 2.06. The largest absolute Gasteiger partial charge is 0.434 e. The van der Waals surface area contributed by atoms with E-state index in [1.54, 1.807) is 0 Å². The Morgan fingerprint density at radius 1 is 1.50 bits per heavy atom. The minimum atomic E-state index is -4.60. The molecule has 0 radical (unpaired) electrons. The van der Waals surface area contributed by atoms with Crippen molar-refractivity contribution in [2.24, 2.45) is 0 Å². The van der Waals surface area contributed by atoms with Crippen LogP contribution in [0, 0.1) is 6.92 Å². The topological polar surface area (TPSA) is 12.9 Å². The molecule has 0 aliphatic heterocycles. The number of hydrogen-bond acceptors (Lipinski definition) is 1. The molecule has 1 heterocycles. The molecule has 1 aromatic heterocycles. The van der Waals surface area contributed by atoms with Crippen LogP contribution in [0.5, 0.6) is 0 Å². The number of halogens is 4. The minimum absolute atomic E-state index is 0.106. The summed E-state index contributed by atoms with van der Waals surface area (Å²) in [6, 6.07) is -0.797. The van der Waals surface area contributed by atoms with Crippen LogP contribution in [-0.4, -0.2) is 4.98 Å². The van der Waals surface area contributed by atoms with Gasteiger partial charge in [-0.2, -0.15) is 13.2 Å². The average molecular weight is 242 g/mol. The predicted molar refractivity (Wildman–Crippen MR) is 41.7 cm³/mol. The zero-order valence-electron chi connectivity index (χ0n) is 7.96. The standard InChI is InChI=1S/C7H5BrF3N/c1-4-2-3-5(8)6(12-4)7(9,10)11/h2-3H,1H3/i2D,3D. The van der Waals surface area contributed by atoms with E-state index >= 15 is 0 Å². The van der Waals surface area contributed by atoms with Gasteiger partial charge in [0.1, 0.15) is 0 Å². The van der Waals surface area contributed by atoms with E-state index in [0.29, 0.717) is 0 Å². The highest BCUT2D eigenvalue weighted by atomic mass is 79.9. The fraction of sp³-hybridized carbons (Fsp3) is 0.286. The molecule has 0 unspecified atom stereocenters. The molecule has 0 saturated carbocycles. The van der Waals surface area contributed by atoms with Gasteiger partial charge in [0.2, 0.25) is 0 Å². The van der Waals surface area contributed by atoms with E-state index in [1.807, 2.05) is 0 Å². The lowest BCUT2D eigenvalue weighted by Crippen LogP contribution is -2.09. The number of aryl methyl sites for hydroxylation is 1. The lowest BCUT2D eigenvalue weighted by molar-refractivity contribution is -0.141. The van der Waals surface area contributed by atoms with Crippen molar-refractivity contribution in [3.63, 3.8) is 0 Å². The molecule has 0 fully saturated rings. The maximum absolute atomic E-state index is 12.3. The van der Waals surface area contributed by atoms with Crippen LogP contribution in [0.3, 0.4) is 0 Å². The third kappa shape index (κ3) is 1.97. The van der Waals surface area contributed by atoms with Gasteiger partial charge in [0.25, 0.3) is 0 Å². The van der Waals surface area contributed by atoms with Gasteiger partial charge in [-0.15, -0.1) is 0 Å². The Hall–Kier alpha value is -0.580. The molecule has 0 amide bonds. The summed E-state index contributed by atoms with van der Waals surface area (Å²) >= 11 is 2.61. The molecule has 12 heavy (non-hydrogen) atoms. The van der Waals surface area contributed by atoms with Gasteiger partial charge in [0.15, 0.2) is 5.69 Å². The molecule has 0 aromatic carbocycles. The van der Waals surface area contributed by atoms with Crippen molar-refractivity contribution in [2.75, 3.05) is 0 Å². The number of pyridine rings is 1. The summed E-state index contributed by atoms with van der Waals surface area (Å²) in [4.78, 5) is 3.22. The van der Waals surface area contributed by atoms with Crippen LogP contribution < -0.4 is 0 Å². The molecule has 5 heteroatoms. The normalized spacial score (nSPS) is 14.1. The molecule has 1 nitrogen and oxygen atoms in total. The monoisotopic (exact) mass is 241 g/mol. The first kappa shape index (κ1) is 6.88. The Labute approximate surface area is 78.6 Å². The quantitative estimate of drug-likeness (QED) is 0.680. The van der Waals surface area contributed by atoms with E-state index < -0.39 is 22.4 Å². The third-order valence-corrected chi connectivity index (χ3v) is 1.68. The van der Waals surface area contributed by atoms with Crippen LogP contribution in [0.2, 0.25) is 0 Å². The summed E-state index contributed by atoms with van der Waals surface area (Å²) < 4.78 is 50.9. The summed E-state index contributed by atoms with van der Waals surface area (Å²) in [5, 5.41) is 0. The highest BCUT2D eigenvalue weighted by Gasteiger charge is 2.34. The van der Waals surface area contributed by atoms with Crippen molar-refractivity contribution in [3.8, 4) is 0 Å². The number of rotatable bonds is 0. The molecular formula is C7H5BrF3N. The highest BCUT2D eigenvalue weighted by molar-refractivity contribution is 9.10. The van der Waals surface area contributed by atoms with Gasteiger partial charge in [-0.3, -0.25) is 0 Å². The number of alkyl halides is 3. The van der Waals surface area contributed by atoms with E-state index in [1.165, 1.54) is 6.92 Å². The van der Waals surface area contributed by atoms with Gasteiger partial charge < -0.3 is 0 Å². The summed E-state index contributed by atoms with van der Waals surface area (Å²) in [5.74, 6) is 0. The second-order valence-corrected chi connectivity index (χ2v) is 2.90. The number of nitrogens with zero attached hydrogens (tertiary/aromatic N) is 1. The van der Waals surface area contributed by atoms with E-state index in [0.717, 1.165) is 0 Å². The lowest BCUT2D eigenvalue weighted by Gasteiger charge is -2.07. The first-order valence-corrected chi connectivity index (χ1v) is 3.75. The molecule has 0 bridgehead atoms. The van der Waals surface area contributed by atoms with Crippen molar-refractivity contribution in [1.82, 2.24) is 4.98 Å². The second-order valence-electron chi connectivity index (χ2n) is 2.11. The van der Waals surface area contributed by atoms with Crippen LogP contribution >= 0.6 is 15.9 Å². The van der Waals surface area contributed by atoms with Crippen LogP contribution in [0.1, 0.15) is 14.1 Å². The van der Waals surface area contributed by atoms with Gasteiger partial charge in [0.05, 0.1) is 2.74 Å². The lowest BCUT2D eigenvalue weighted by atomic mass is 10.3. The zero-order valence-corrected chi connectivity index (χ0v) is 7.55. The molecule has 0 N–H and O–H groups in total. The van der Waals surface area contributed by atoms with Crippen molar-refractivity contribution in [3.05, 3.63) is 27.9 Å². The Kier molecular flexibility index (Phi) is 1.75. The molecular weight excluding hydrogens is 235 g/mol. The first-order valence-electron chi connectivity index (χ1n) is 3.95.